The molecule has 0 saturated carbocycles. The number of methoxy groups -OCH3 is 1. The minimum Gasteiger partial charge on any atom is -0.493 e. The number of benzene rings is 2. The Morgan fingerprint density at radius 2 is 2.00 bits per heavy atom. The van der Waals surface area contributed by atoms with Crippen LogP contribution in [0, 0.1) is 10.1 Å². The molecule has 0 aliphatic rings. The maximum Gasteiger partial charge on any atom is 0.273 e. The Bertz CT molecular complexity index is 678. The van der Waals surface area contributed by atoms with Crippen LogP contribution in [0.1, 0.15) is 5.56 Å². The number of alkyl halides is 1. The van der Waals surface area contributed by atoms with Gasteiger partial charge in [0, 0.05) is 16.4 Å². The van der Waals surface area contributed by atoms with Gasteiger partial charge in [0.2, 0.25) is 0 Å². The highest BCUT2D eigenvalue weighted by Gasteiger charge is 2.13. The summed E-state index contributed by atoms with van der Waals surface area (Å²) in [5.41, 5.74) is 0.881. The SMILES string of the molecule is COc1cc([N+](=O)[O-])ccc1Oc1ccc(CBr)c(Cl)c1. The molecule has 0 amide bonds. The lowest BCUT2D eigenvalue weighted by atomic mass is 10.2. The Hall–Kier alpha value is -1.79. The summed E-state index contributed by atoms with van der Waals surface area (Å²) in [6.45, 7) is 0. The van der Waals surface area contributed by atoms with E-state index >= 15 is 0 Å². The van der Waals surface area contributed by atoms with Gasteiger partial charge in [-0.25, -0.2) is 0 Å². The fourth-order valence-electron chi connectivity index (χ4n) is 1.68. The van der Waals surface area contributed by atoms with Crippen LogP contribution in [0.15, 0.2) is 36.4 Å². The monoisotopic (exact) mass is 371 g/mol. The number of halogens is 2. The summed E-state index contributed by atoms with van der Waals surface area (Å²) in [5.74, 6) is 1.19. The van der Waals surface area contributed by atoms with Crippen molar-refractivity contribution in [3.05, 3.63) is 57.1 Å². The summed E-state index contributed by atoms with van der Waals surface area (Å²) in [6.07, 6.45) is 0. The fraction of sp³-hybridized carbons (Fsp3) is 0.143. The van der Waals surface area contributed by atoms with E-state index in [-0.39, 0.29) is 11.4 Å². The second-order valence-corrected chi connectivity index (χ2v) is 5.05. The van der Waals surface area contributed by atoms with E-state index in [0.29, 0.717) is 21.9 Å². The predicted molar refractivity (Wildman–Crippen MR) is 83.8 cm³/mol. The van der Waals surface area contributed by atoms with E-state index in [4.69, 9.17) is 21.1 Å². The topological polar surface area (TPSA) is 61.6 Å². The molecule has 0 N–H and O–H groups in total. The number of nitro benzene ring substituents is 1. The molecule has 0 unspecified atom stereocenters. The third kappa shape index (κ3) is 3.65. The molecule has 5 nitrogen and oxygen atoms in total. The molecule has 0 atom stereocenters. The number of non-ortho nitro benzene ring substituents is 1. The zero-order valence-corrected chi connectivity index (χ0v) is 13.3. The van der Waals surface area contributed by atoms with Crippen LogP contribution in [0.2, 0.25) is 5.02 Å². The van der Waals surface area contributed by atoms with E-state index in [9.17, 15) is 10.1 Å². The number of ether oxygens (including phenoxy) is 2. The normalized spacial score (nSPS) is 10.2. The number of nitro groups is 1. The number of nitrogens with zero attached hydrogens (tertiary/aromatic N) is 1. The summed E-state index contributed by atoms with van der Waals surface area (Å²) in [5, 5.41) is 12.0. The fourth-order valence-corrected chi connectivity index (χ4v) is 2.57. The standard InChI is InChI=1S/C14H11BrClNO4/c1-20-14-6-10(17(18)19)3-5-13(14)21-11-4-2-9(8-15)12(16)7-11/h2-7H,8H2,1H3. The van der Waals surface area contributed by atoms with Gasteiger partial charge in [-0.1, -0.05) is 33.6 Å². The molecule has 21 heavy (non-hydrogen) atoms. The van der Waals surface area contributed by atoms with Crippen LogP contribution >= 0.6 is 27.5 Å². The number of hydrogen-bond acceptors (Lipinski definition) is 4. The summed E-state index contributed by atoms with van der Waals surface area (Å²) in [6, 6.07) is 9.44. The molecule has 0 aliphatic heterocycles. The molecule has 0 fully saturated rings. The molecule has 0 spiro atoms. The summed E-state index contributed by atoms with van der Waals surface area (Å²) in [7, 11) is 1.42. The van der Waals surface area contributed by atoms with Crippen molar-refractivity contribution in [3.8, 4) is 17.2 Å². The Morgan fingerprint density at radius 3 is 2.57 bits per heavy atom. The second kappa shape index (κ2) is 6.78. The first-order chi connectivity index (χ1) is 10.0. The molecule has 0 radical (unpaired) electrons. The van der Waals surface area contributed by atoms with E-state index in [1.54, 1.807) is 12.1 Å². The highest BCUT2D eigenvalue weighted by Crippen LogP contribution is 2.35. The van der Waals surface area contributed by atoms with E-state index in [1.165, 1.54) is 25.3 Å². The van der Waals surface area contributed by atoms with Gasteiger partial charge in [-0.05, 0) is 23.8 Å². The molecule has 0 bridgehead atoms. The first-order valence-electron chi connectivity index (χ1n) is 5.90. The highest BCUT2D eigenvalue weighted by molar-refractivity contribution is 9.08. The highest BCUT2D eigenvalue weighted by atomic mass is 79.9. The average Bonchev–Trinajstić information content (AvgIpc) is 2.47. The van der Waals surface area contributed by atoms with Gasteiger partial charge in [-0.2, -0.15) is 0 Å². The summed E-state index contributed by atoms with van der Waals surface area (Å²) in [4.78, 5) is 10.2. The van der Waals surface area contributed by atoms with E-state index in [0.717, 1.165) is 5.56 Å². The smallest absolute Gasteiger partial charge is 0.273 e. The molecule has 2 aromatic rings. The van der Waals surface area contributed by atoms with Gasteiger partial charge < -0.3 is 9.47 Å². The van der Waals surface area contributed by atoms with Crippen LogP contribution < -0.4 is 9.47 Å². The quantitative estimate of drug-likeness (QED) is 0.423. The molecule has 110 valence electrons. The maximum absolute atomic E-state index is 10.7. The maximum atomic E-state index is 10.7. The zero-order chi connectivity index (χ0) is 15.4. The van der Waals surface area contributed by atoms with Gasteiger partial charge in [-0.15, -0.1) is 0 Å². The second-order valence-electron chi connectivity index (χ2n) is 4.08. The van der Waals surface area contributed by atoms with E-state index < -0.39 is 4.92 Å². The van der Waals surface area contributed by atoms with Gasteiger partial charge in [-0.3, -0.25) is 10.1 Å². The minimum absolute atomic E-state index is 0.0631. The molecule has 0 aromatic heterocycles. The lowest BCUT2D eigenvalue weighted by Crippen LogP contribution is -1.94. The predicted octanol–water partition coefficient (Wildman–Crippen LogP) is 4.94. The Morgan fingerprint density at radius 1 is 1.24 bits per heavy atom. The molecule has 0 saturated heterocycles. The zero-order valence-electron chi connectivity index (χ0n) is 11.0. The van der Waals surface area contributed by atoms with Crippen molar-refractivity contribution < 1.29 is 14.4 Å². The minimum atomic E-state index is -0.492. The van der Waals surface area contributed by atoms with Crippen molar-refractivity contribution in [2.45, 2.75) is 5.33 Å². The van der Waals surface area contributed by atoms with E-state index in [2.05, 4.69) is 15.9 Å². The lowest BCUT2D eigenvalue weighted by molar-refractivity contribution is -0.384. The Kier molecular flexibility index (Phi) is 5.03. The average molecular weight is 373 g/mol. The van der Waals surface area contributed by atoms with Crippen LogP contribution in [-0.4, -0.2) is 12.0 Å². The van der Waals surface area contributed by atoms with Gasteiger partial charge in [0.05, 0.1) is 18.1 Å². The largest absolute Gasteiger partial charge is 0.493 e. The van der Waals surface area contributed by atoms with E-state index in [1.807, 2.05) is 6.07 Å². The first-order valence-corrected chi connectivity index (χ1v) is 7.39. The van der Waals surface area contributed by atoms with Crippen LogP contribution in [0.4, 0.5) is 5.69 Å². The van der Waals surface area contributed by atoms with Crippen molar-refractivity contribution in [2.75, 3.05) is 7.11 Å². The van der Waals surface area contributed by atoms with Crippen LogP contribution in [0.25, 0.3) is 0 Å². The number of hydrogen-bond donors (Lipinski definition) is 0. The van der Waals surface area contributed by atoms with Gasteiger partial charge in [0.15, 0.2) is 11.5 Å². The third-order valence-corrected chi connectivity index (χ3v) is 3.71. The molecule has 7 heteroatoms. The third-order valence-electron chi connectivity index (χ3n) is 2.75. The Labute approximate surface area is 134 Å². The van der Waals surface area contributed by atoms with Crippen molar-refractivity contribution in [3.63, 3.8) is 0 Å². The molecular formula is C14H11BrClNO4. The van der Waals surface area contributed by atoms with Gasteiger partial charge in [0.25, 0.3) is 5.69 Å². The lowest BCUT2D eigenvalue weighted by Gasteiger charge is -2.11. The molecule has 2 rings (SSSR count). The summed E-state index contributed by atoms with van der Waals surface area (Å²) >= 11 is 9.44. The first kappa shape index (κ1) is 15.6. The Balaban J connectivity index is 2.30. The van der Waals surface area contributed by atoms with Crippen molar-refractivity contribution in [2.24, 2.45) is 0 Å². The van der Waals surface area contributed by atoms with Crippen molar-refractivity contribution in [1.82, 2.24) is 0 Å². The van der Waals surface area contributed by atoms with Crippen molar-refractivity contribution >= 4 is 33.2 Å². The van der Waals surface area contributed by atoms with Crippen LogP contribution in [0.3, 0.4) is 0 Å². The summed E-state index contributed by atoms with van der Waals surface area (Å²) < 4.78 is 10.8. The van der Waals surface area contributed by atoms with Crippen LogP contribution in [0.5, 0.6) is 17.2 Å². The van der Waals surface area contributed by atoms with Gasteiger partial charge >= 0.3 is 0 Å². The molecular weight excluding hydrogens is 362 g/mol. The number of rotatable bonds is 5. The van der Waals surface area contributed by atoms with Gasteiger partial charge in [0.1, 0.15) is 5.75 Å². The molecule has 0 heterocycles. The van der Waals surface area contributed by atoms with Crippen LogP contribution in [-0.2, 0) is 5.33 Å². The van der Waals surface area contributed by atoms with Crippen molar-refractivity contribution in [1.29, 1.82) is 0 Å². The molecule has 2 aromatic carbocycles. The molecule has 0 aliphatic carbocycles.